The minimum absolute atomic E-state index is 0.0574. The Morgan fingerprint density at radius 3 is 2.22 bits per heavy atom. The molecule has 2 atom stereocenters. The summed E-state index contributed by atoms with van der Waals surface area (Å²) in [6.07, 6.45) is 1.37. The van der Waals surface area contributed by atoms with Gasteiger partial charge in [0.2, 0.25) is 5.91 Å². The highest BCUT2D eigenvalue weighted by atomic mass is 16.5. The molecule has 2 aromatic carbocycles. The van der Waals surface area contributed by atoms with E-state index in [2.05, 4.69) is 11.4 Å². The molecule has 5 nitrogen and oxygen atoms in total. The second kappa shape index (κ2) is 11.7. The Morgan fingerprint density at radius 2 is 1.62 bits per heavy atom. The van der Waals surface area contributed by atoms with Crippen LogP contribution in [0.4, 0.5) is 0 Å². The van der Waals surface area contributed by atoms with Gasteiger partial charge >= 0.3 is 0 Å². The molecule has 1 N–H and O–H groups in total. The molecule has 32 heavy (non-hydrogen) atoms. The summed E-state index contributed by atoms with van der Waals surface area (Å²) in [5.74, 6) is 0.392. The topological polar surface area (TPSA) is 58.6 Å². The van der Waals surface area contributed by atoms with Gasteiger partial charge in [-0.1, -0.05) is 49.7 Å². The predicted octanol–water partition coefficient (Wildman–Crippen LogP) is 5.02. The molecule has 0 aromatic heterocycles. The van der Waals surface area contributed by atoms with Gasteiger partial charge in [-0.25, -0.2) is 0 Å². The summed E-state index contributed by atoms with van der Waals surface area (Å²) in [4.78, 5) is 28.0. The molecule has 0 aliphatic rings. The van der Waals surface area contributed by atoms with E-state index in [-0.39, 0.29) is 24.5 Å². The van der Waals surface area contributed by atoms with E-state index in [1.807, 2.05) is 78.8 Å². The van der Waals surface area contributed by atoms with Crippen molar-refractivity contribution in [3.05, 3.63) is 64.2 Å². The van der Waals surface area contributed by atoms with Gasteiger partial charge in [0.05, 0.1) is 0 Å². The monoisotopic (exact) mass is 438 g/mol. The van der Waals surface area contributed by atoms with E-state index in [0.717, 1.165) is 34.2 Å². The Morgan fingerprint density at radius 1 is 0.969 bits per heavy atom. The van der Waals surface area contributed by atoms with E-state index in [0.29, 0.717) is 18.7 Å². The minimum Gasteiger partial charge on any atom is -0.483 e. The van der Waals surface area contributed by atoms with Crippen LogP contribution in [-0.2, 0) is 16.1 Å². The summed E-state index contributed by atoms with van der Waals surface area (Å²) in [5, 5.41) is 3.04. The number of hydrogen-bond donors (Lipinski definition) is 1. The maximum absolute atomic E-state index is 13.4. The van der Waals surface area contributed by atoms with Crippen molar-refractivity contribution >= 4 is 11.8 Å². The van der Waals surface area contributed by atoms with Crippen molar-refractivity contribution in [2.45, 2.75) is 79.9 Å². The Kier molecular flexibility index (Phi) is 9.30. The Bertz CT molecular complexity index is 921. The smallest absolute Gasteiger partial charge is 0.261 e. The normalized spacial score (nSPS) is 12.7. The third kappa shape index (κ3) is 6.84. The lowest BCUT2D eigenvalue weighted by atomic mass is 10.1. The lowest BCUT2D eigenvalue weighted by molar-refractivity contribution is -0.143. The maximum atomic E-state index is 13.4. The fourth-order valence-corrected chi connectivity index (χ4v) is 3.62. The maximum Gasteiger partial charge on any atom is 0.261 e. The molecule has 0 radical (unpaired) electrons. The zero-order chi connectivity index (χ0) is 23.8. The van der Waals surface area contributed by atoms with E-state index in [1.165, 1.54) is 0 Å². The lowest BCUT2D eigenvalue weighted by Crippen LogP contribution is -2.51. The molecule has 0 saturated carbocycles. The molecule has 2 rings (SSSR count). The molecule has 2 aromatic rings. The fourth-order valence-electron chi connectivity index (χ4n) is 3.62. The molecular weight excluding hydrogens is 400 g/mol. The zero-order valence-corrected chi connectivity index (χ0v) is 20.6. The molecular formula is C27H38N2O3. The molecule has 0 aliphatic carbocycles. The standard InChI is InChI=1S/C27H38N2O3/c1-8-21(6)28-27(31)24(9-2)29(16-23-12-10-18(3)11-13-23)26(30)17-32-25-15-19(4)14-20(5)22(25)7/h10-15,21,24H,8-9,16-17H2,1-7H3,(H,28,31). The first-order valence-corrected chi connectivity index (χ1v) is 11.5. The van der Waals surface area contributed by atoms with E-state index in [4.69, 9.17) is 4.74 Å². The largest absolute Gasteiger partial charge is 0.483 e. The molecule has 0 bridgehead atoms. The van der Waals surface area contributed by atoms with Gasteiger partial charge in [-0.3, -0.25) is 9.59 Å². The first-order valence-electron chi connectivity index (χ1n) is 11.5. The summed E-state index contributed by atoms with van der Waals surface area (Å²) < 4.78 is 5.95. The van der Waals surface area contributed by atoms with Crippen molar-refractivity contribution in [2.75, 3.05) is 6.61 Å². The quantitative estimate of drug-likeness (QED) is 0.567. The zero-order valence-electron chi connectivity index (χ0n) is 20.6. The summed E-state index contributed by atoms with van der Waals surface area (Å²) in [6.45, 7) is 14.3. The van der Waals surface area contributed by atoms with Crippen LogP contribution in [0.25, 0.3) is 0 Å². The van der Waals surface area contributed by atoms with Crippen molar-refractivity contribution < 1.29 is 14.3 Å². The summed E-state index contributed by atoms with van der Waals surface area (Å²) in [6, 6.07) is 11.6. The van der Waals surface area contributed by atoms with Gasteiger partial charge in [-0.15, -0.1) is 0 Å². The van der Waals surface area contributed by atoms with Crippen LogP contribution in [0.5, 0.6) is 5.75 Å². The number of nitrogens with zero attached hydrogens (tertiary/aromatic N) is 1. The van der Waals surface area contributed by atoms with Gasteiger partial charge in [-0.2, -0.15) is 0 Å². The molecule has 0 heterocycles. The number of ether oxygens (including phenoxy) is 1. The molecule has 5 heteroatoms. The average Bonchev–Trinajstić information content (AvgIpc) is 2.76. The number of rotatable bonds is 10. The highest BCUT2D eigenvalue weighted by molar-refractivity contribution is 5.88. The molecule has 2 unspecified atom stereocenters. The number of carbonyl (C=O) groups excluding carboxylic acids is 2. The van der Waals surface area contributed by atoms with E-state index in [1.54, 1.807) is 4.90 Å². The van der Waals surface area contributed by atoms with Crippen LogP contribution >= 0.6 is 0 Å². The lowest BCUT2D eigenvalue weighted by Gasteiger charge is -2.31. The number of hydrogen-bond acceptors (Lipinski definition) is 3. The Hall–Kier alpha value is -2.82. The molecule has 2 amide bonds. The van der Waals surface area contributed by atoms with Crippen molar-refractivity contribution in [1.29, 1.82) is 0 Å². The Balaban J connectivity index is 2.26. The van der Waals surface area contributed by atoms with Gasteiger partial charge < -0.3 is 15.0 Å². The second-order valence-corrected chi connectivity index (χ2v) is 8.74. The third-order valence-corrected chi connectivity index (χ3v) is 5.98. The predicted molar refractivity (Wildman–Crippen MR) is 130 cm³/mol. The molecule has 0 aliphatic heterocycles. The van der Waals surface area contributed by atoms with E-state index < -0.39 is 6.04 Å². The van der Waals surface area contributed by atoms with Crippen LogP contribution < -0.4 is 10.1 Å². The number of carbonyl (C=O) groups is 2. The Labute approximate surface area is 193 Å². The van der Waals surface area contributed by atoms with Gasteiger partial charge in [0.25, 0.3) is 5.91 Å². The van der Waals surface area contributed by atoms with Crippen molar-refractivity contribution in [3.63, 3.8) is 0 Å². The van der Waals surface area contributed by atoms with Gasteiger partial charge in [0.1, 0.15) is 11.8 Å². The van der Waals surface area contributed by atoms with E-state index >= 15 is 0 Å². The third-order valence-electron chi connectivity index (χ3n) is 5.98. The second-order valence-electron chi connectivity index (χ2n) is 8.74. The SMILES string of the molecule is CCC(C)NC(=O)C(CC)N(Cc1ccc(C)cc1)C(=O)COc1cc(C)cc(C)c1C. The molecule has 0 fully saturated rings. The van der Waals surface area contributed by atoms with Crippen LogP contribution in [0, 0.1) is 27.7 Å². The van der Waals surface area contributed by atoms with Crippen molar-refractivity contribution in [1.82, 2.24) is 10.2 Å². The van der Waals surface area contributed by atoms with Crippen molar-refractivity contribution in [3.8, 4) is 5.75 Å². The van der Waals surface area contributed by atoms with Crippen LogP contribution in [0.15, 0.2) is 36.4 Å². The highest BCUT2D eigenvalue weighted by Gasteiger charge is 2.29. The molecule has 174 valence electrons. The number of aryl methyl sites for hydroxylation is 3. The average molecular weight is 439 g/mol. The van der Waals surface area contributed by atoms with Crippen molar-refractivity contribution in [2.24, 2.45) is 0 Å². The fraction of sp³-hybridized carbons (Fsp3) is 0.481. The number of amides is 2. The van der Waals surface area contributed by atoms with E-state index in [9.17, 15) is 9.59 Å². The van der Waals surface area contributed by atoms with Crippen LogP contribution in [-0.4, -0.2) is 35.4 Å². The van der Waals surface area contributed by atoms with Gasteiger partial charge in [-0.05, 0) is 75.8 Å². The van der Waals surface area contributed by atoms with Gasteiger partial charge in [0, 0.05) is 12.6 Å². The summed E-state index contributed by atoms with van der Waals surface area (Å²) >= 11 is 0. The first-order chi connectivity index (χ1) is 15.2. The van der Waals surface area contributed by atoms with Crippen LogP contribution in [0.3, 0.4) is 0 Å². The highest BCUT2D eigenvalue weighted by Crippen LogP contribution is 2.23. The molecule has 0 spiro atoms. The summed E-state index contributed by atoms with van der Waals surface area (Å²) in [5.41, 5.74) is 5.38. The van der Waals surface area contributed by atoms with Crippen LogP contribution in [0.2, 0.25) is 0 Å². The van der Waals surface area contributed by atoms with Gasteiger partial charge in [0.15, 0.2) is 6.61 Å². The number of benzene rings is 2. The molecule has 0 saturated heterocycles. The van der Waals surface area contributed by atoms with Crippen LogP contribution in [0.1, 0.15) is 61.4 Å². The summed E-state index contributed by atoms with van der Waals surface area (Å²) in [7, 11) is 0. The minimum atomic E-state index is -0.554. The number of nitrogens with one attached hydrogen (secondary N) is 1. The first kappa shape index (κ1) is 25.4.